The summed E-state index contributed by atoms with van der Waals surface area (Å²) in [7, 11) is 1.70. The van der Waals surface area contributed by atoms with E-state index in [4.69, 9.17) is 9.47 Å². The molecule has 1 unspecified atom stereocenters. The number of methoxy groups -OCH3 is 1. The first-order valence-electron chi connectivity index (χ1n) is 14.6. The quantitative estimate of drug-likeness (QED) is 0.592. The largest absolute Gasteiger partial charge is 0.444 e. The third-order valence-electron chi connectivity index (χ3n) is 8.91. The number of pyridine rings is 1. The molecular formula is C32H40N6O3. The van der Waals surface area contributed by atoms with E-state index in [1.54, 1.807) is 13.3 Å². The number of hydrogen-bond donors (Lipinski definition) is 1. The van der Waals surface area contributed by atoms with Crippen molar-refractivity contribution in [3.8, 4) is 6.07 Å². The fourth-order valence-corrected chi connectivity index (χ4v) is 7.03. The molecule has 0 spiro atoms. The third-order valence-corrected chi connectivity index (χ3v) is 8.91. The van der Waals surface area contributed by atoms with Crippen molar-refractivity contribution in [2.45, 2.75) is 76.5 Å². The summed E-state index contributed by atoms with van der Waals surface area (Å²) in [4.78, 5) is 24.5. The van der Waals surface area contributed by atoms with E-state index < -0.39 is 11.7 Å². The Labute approximate surface area is 242 Å². The molecule has 1 aromatic heterocycles. The number of nitrogens with zero attached hydrogens (tertiary/aromatic N) is 5. The zero-order valence-corrected chi connectivity index (χ0v) is 24.6. The van der Waals surface area contributed by atoms with Gasteiger partial charge in [-0.1, -0.05) is 18.2 Å². The van der Waals surface area contributed by atoms with E-state index in [2.05, 4.69) is 68.3 Å². The average Bonchev–Trinajstić information content (AvgIpc) is 3.52. The fourth-order valence-electron chi connectivity index (χ4n) is 7.03. The number of fused-ring (bicyclic) bond motifs is 4. The number of ether oxygens (including phenoxy) is 2. The van der Waals surface area contributed by atoms with Crippen molar-refractivity contribution >= 4 is 17.4 Å². The van der Waals surface area contributed by atoms with E-state index >= 15 is 0 Å². The highest BCUT2D eigenvalue weighted by molar-refractivity contribution is 5.78. The van der Waals surface area contributed by atoms with Crippen LogP contribution in [0.25, 0.3) is 5.57 Å². The summed E-state index contributed by atoms with van der Waals surface area (Å²) in [6.07, 6.45) is 4.15. The van der Waals surface area contributed by atoms with Crippen LogP contribution in [0.15, 0.2) is 42.6 Å². The fraction of sp³-hybridized carbons (Fsp3) is 0.531. The highest BCUT2D eigenvalue weighted by Gasteiger charge is 2.42. The molecule has 9 nitrogen and oxygen atoms in total. The molecule has 4 heterocycles. The second-order valence-electron chi connectivity index (χ2n) is 12.7. The number of hydrogen-bond acceptors (Lipinski definition) is 8. The molecule has 0 radical (unpaired) electrons. The van der Waals surface area contributed by atoms with Gasteiger partial charge in [0.2, 0.25) is 0 Å². The van der Waals surface area contributed by atoms with Gasteiger partial charge in [-0.25, -0.2) is 4.79 Å². The lowest BCUT2D eigenvalue weighted by molar-refractivity contribution is 0.0144. The number of allylic oxidation sites excluding steroid dienone is 1. The molecule has 4 aliphatic rings. The highest BCUT2D eigenvalue weighted by atomic mass is 16.6. The predicted molar refractivity (Wildman–Crippen MR) is 157 cm³/mol. The van der Waals surface area contributed by atoms with Crippen molar-refractivity contribution in [2.75, 3.05) is 38.2 Å². The minimum Gasteiger partial charge on any atom is -0.444 e. The Kier molecular flexibility index (Phi) is 7.26. The number of rotatable bonds is 4. The molecule has 2 aromatic rings. The highest BCUT2D eigenvalue weighted by Crippen LogP contribution is 2.44. The van der Waals surface area contributed by atoms with Gasteiger partial charge < -0.3 is 19.7 Å². The first-order valence-corrected chi connectivity index (χ1v) is 14.6. The molecule has 2 saturated heterocycles. The van der Waals surface area contributed by atoms with E-state index in [1.165, 1.54) is 11.1 Å². The Morgan fingerprint density at radius 1 is 1.12 bits per heavy atom. The normalized spacial score (nSPS) is 27.9. The molecule has 6 rings (SSSR count). The second-order valence-corrected chi connectivity index (χ2v) is 12.7. The van der Waals surface area contributed by atoms with Crippen LogP contribution in [0.1, 0.15) is 68.6 Å². The Morgan fingerprint density at radius 2 is 1.95 bits per heavy atom. The predicted octanol–water partition coefficient (Wildman–Crippen LogP) is 4.42. The van der Waals surface area contributed by atoms with E-state index in [-0.39, 0.29) is 18.2 Å². The molecule has 1 aromatic carbocycles. The van der Waals surface area contributed by atoms with Crippen LogP contribution < -0.4 is 10.2 Å². The van der Waals surface area contributed by atoms with Crippen LogP contribution >= 0.6 is 0 Å². The SMILES string of the molecule is CO[C@H]1CN(c2ccc3c(c2)CN2[C@H](C)CN(C4CC=C(C#N)c5ncccc54)C[C@H]32)C[C@@H]1NC(=O)OC(C)(C)C. The number of piperazine rings is 1. The molecule has 0 saturated carbocycles. The number of nitriles is 1. The number of alkyl carbamates (subject to hydrolysis) is 1. The van der Waals surface area contributed by atoms with Gasteiger partial charge >= 0.3 is 6.09 Å². The number of anilines is 1. The summed E-state index contributed by atoms with van der Waals surface area (Å²) < 4.78 is 11.2. The van der Waals surface area contributed by atoms with Crippen LogP contribution in [0.2, 0.25) is 0 Å². The van der Waals surface area contributed by atoms with Gasteiger partial charge in [-0.3, -0.25) is 14.8 Å². The van der Waals surface area contributed by atoms with Crippen LogP contribution in [0.4, 0.5) is 10.5 Å². The molecule has 2 fully saturated rings. The lowest BCUT2D eigenvalue weighted by atomic mass is 9.89. The van der Waals surface area contributed by atoms with Crippen LogP contribution in [0.3, 0.4) is 0 Å². The summed E-state index contributed by atoms with van der Waals surface area (Å²) in [5, 5.41) is 12.6. The van der Waals surface area contributed by atoms with Crippen molar-refractivity contribution in [3.05, 3.63) is 65.0 Å². The molecular weight excluding hydrogens is 516 g/mol. The monoisotopic (exact) mass is 556 g/mol. The van der Waals surface area contributed by atoms with Crippen molar-refractivity contribution in [1.82, 2.24) is 20.1 Å². The Morgan fingerprint density at radius 3 is 2.71 bits per heavy atom. The minimum absolute atomic E-state index is 0.112. The van der Waals surface area contributed by atoms with Crippen molar-refractivity contribution in [2.24, 2.45) is 0 Å². The topological polar surface area (TPSA) is 94.0 Å². The molecule has 216 valence electrons. The summed E-state index contributed by atoms with van der Waals surface area (Å²) in [6, 6.07) is 14.1. The number of carbonyl (C=O) groups is 1. The number of benzene rings is 1. The van der Waals surface area contributed by atoms with Gasteiger partial charge in [-0.05, 0) is 69.0 Å². The maximum atomic E-state index is 12.5. The minimum atomic E-state index is -0.544. The first-order chi connectivity index (χ1) is 19.6. The van der Waals surface area contributed by atoms with E-state index in [9.17, 15) is 10.1 Å². The maximum Gasteiger partial charge on any atom is 0.408 e. The van der Waals surface area contributed by atoms with Gasteiger partial charge in [0.15, 0.2) is 0 Å². The van der Waals surface area contributed by atoms with E-state index in [0.29, 0.717) is 30.7 Å². The number of carbonyl (C=O) groups excluding carboxylic acids is 1. The van der Waals surface area contributed by atoms with Crippen molar-refractivity contribution in [3.63, 3.8) is 0 Å². The lowest BCUT2D eigenvalue weighted by Crippen LogP contribution is -2.52. The summed E-state index contributed by atoms with van der Waals surface area (Å²) in [5.41, 5.74) is 6.06. The van der Waals surface area contributed by atoms with E-state index in [1.807, 2.05) is 26.8 Å². The van der Waals surface area contributed by atoms with Crippen LogP contribution in [0.5, 0.6) is 0 Å². The zero-order chi connectivity index (χ0) is 28.9. The number of nitrogens with one attached hydrogen (secondary N) is 1. The Bertz CT molecular complexity index is 1390. The average molecular weight is 557 g/mol. The van der Waals surface area contributed by atoms with Crippen molar-refractivity contribution in [1.29, 1.82) is 5.26 Å². The molecule has 3 aliphatic heterocycles. The van der Waals surface area contributed by atoms with Gasteiger partial charge in [-0.15, -0.1) is 0 Å². The van der Waals surface area contributed by atoms with Gasteiger partial charge in [0.1, 0.15) is 11.7 Å². The second kappa shape index (κ2) is 10.8. The maximum absolute atomic E-state index is 12.5. The molecule has 0 bridgehead atoms. The van der Waals surface area contributed by atoms with Gasteiger partial charge in [0.25, 0.3) is 0 Å². The molecule has 41 heavy (non-hydrogen) atoms. The van der Waals surface area contributed by atoms with Gasteiger partial charge in [0.05, 0.1) is 23.4 Å². The molecule has 5 atom stereocenters. The molecule has 1 amide bonds. The van der Waals surface area contributed by atoms with Crippen LogP contribution in [-0.2, 0) is 16.0 Å². The van der Waals surface area contributed by atoms with Gasteiger partial charge in [0, 0.05) is 69.8 Å². The standard InChI is InChI=1S/C32H40N6O3/c1-20-15-37(27-11-8-21(14-33)30-25(27)7-6-12-34-30)18-28-24-10-9-23(13-22(24)16-38(20)28)36-17-26(29(19-36)40-5)35-31(39)41-32(2,3)4/h6-10,12-13,20,26-29H,11,15-19H2,1-5H3,(H,35,39)/t20-,26+,27?,28-,29+/m1/s1. The zero-order valence-electron chi connectivity index (χ0n) is 24.6. The van der Waals surface area contributed by atoms with Gasteiger partial charge in [-0.2, -0.15) is 5.26 Å². The summed E-state index contributed by atoms with van der Waals surface area (Å²) >= 11 is 0. The third kappa shape index (κ3) is 5.32. The first kappa shape index (κ1) is 27.7. The molecule has 1 aliphatic carbocycles. The smallest absolute Gasteiger partial charge is 0.408 e. The van der Waals surface area contributed by atoms with Crippen LogP contribution in [0, 0.1) is 11.3 Å². The van der Waals surface area contributed by atoms with E-state index in [0.717, 1.165) is 43.0 Å². The number of amides is 1. The summed E-state index contributed by atoms with van der Waals surface area (Å²) in [6.45, 7) is 12.2. The summed E-state index contributed by atoms with van der Waals surface area (Å²) in [5.74, 6) is 0. The van der Waals surface area contributed by atoms with Crippen LogP contribution in [-0.4, -0.2) is 78.0 Å². The molecule has 1 N–H and O–H groups in total. The Balaban J connectivity index is 1.18. The van der Waals surface area contributed by atoms with Crippen molar-refractivity contribution < 1.29 is 14.3 Å². The number of aromatic nitrogens is 1. The molecule has 9 heteroatoms. The lowest BCUT2D eigenvalue weighted by Gasteiger charge is -2.46. The Hall–Kier alpha value is -3.45.